The number of aromatic carboxylic acids is 1. The van der Waals surface area contributed by atoms with E-state index < -0.39 is 59.0 Å². The maximum Gasteiger partial charge on any atom is 0.511 e. The second kappa shape index (κ2) is 10.2. The van der Waals surface area contributed by atoms with Crippen LogP contribution in [0, 0.1) is 17.3 Å². The second-order valence-corrected chi connectivity index (χ2v) is 12.9. The summed E-state index contributed by atoms with van der Waals surface area (Å²) in [5.74, 6) is -2.05. The molecule has 1 aromatic rings. The molecule has 1 aromatic carbocycles. The number of carboxylic acids is 1. The number of hydrogen-bond acceptors (Lipinski definition) is 7. The van der Waals surface area contributed by atoms with Crippen molar-refractivity contribution in [2.24, 2.45) is 17.3 Å². The lowest BCUT2D eigenvalue weighted by molar-refractivity contribution is -0.199. The van der Waals surface area contributed by atoms with Gasteiger partial charge in [0.15, 0.2) is 0 Å². The average Bonchev–Trinajstić information content (AvgIpc) is 3.19. The normalized spacial score (nSPS) is 28.3. The lowest BCUT2D eigenvalue weighted by atomic mass is 9.43. The molecule has 0 radical (unpaired) electrons. The van der Waals surface area contributed by atoms with Crippen molar-refractivity contribution in [1.29, 1.82) is 0 Å². The zero-order valence-electron chi connectivity index (χ0n) is 22.0. The molecule has 0 spiro atoms. The minimum absolute atomic E-state index is 0.0231. The van der Waals surface area contributed by atoms with Gasteiger partial charge in [0.25, 0.3) is 0 Å². The fourth-order valence-corrected chi connectivity index (χ4v) is 6.87. The van der Waals surface area contributed by atoms with Gasteiger partial charge < -0.3 is 24.5 Å². The standard InChI is InChI=1S/C24H32BF3N2O8S/c1-22(2)14-11-16(22)23(3)17(12-14)37-25(38-23)18(10-13-6-5-7-15(21(32)33)20(13)36-4)30-19(31)8-9-29-39(34,35)24(26,27)28/h5-7,14,16-18,29H,8-12H2,1-4H3,(H,30,31)(H,32,33). The summed E-state index contributed by atoms with van der Waals surface area (Å²) in [5, 5.41) is 12.3. The number of amides is 1. The summed E-state index contributed by atoms with van der Waals surface area (Å²) in [6, 6.07) is 4.53. The molecule has 15 heteroatoms. The molecule has 1 amide bonds. The number of methoxy groups -OCH3 is 1. The molecular weight excluding hydrogens is 544 g/mol. The van der Waals surface area contributed by atoms with Crippen LogP contribution >= 0.6 is 0 Å². The van der Waals surface area contributed by atoms with Gasteiger partial charge >= 0.3 is 28.6 Å². The molecule has 2 bridgehead atoms. The number of nitrogens with one attached hydrogen (secondary N) is 2. The first-order valence-corrected chi connectivity index (χ1v) is 14.1. The van der Waals surface area contributed by atoms with Crippen LogP contribution in [-0.2, 0) is 30.5 Å². The Bertz CT molecular complexity index is 1240. The van der Waals surface area contributed by atoms with Crippen molar-refractivity contribution in [3.63, 3.8) is 0 Å². The van der Waals surface area contributed by atoms with Gasteiger partial charge in [0, 0.05) is 13.0 Å². The highest BCUT2D eigenvalue weighted by Gasteiger charge is 2.68. The lowest BCUT2D eigenvalue weighted by Gasteiger charge is -2.64. The Hall–Kier alpha value is -2.36. The van der Waals surface area contributed by atoms with Crippen molar-refractivity contribution in [1.82, 2.24) is 10.0 Å². The summed E-state index contributed by atoms with van der Waals surface area (Å²) in [4.78, 5) is 24.5. The van der Waals surface area contributed by atoms with Crippen LogP contribution in [0.1, 0.15) is 56.0 Å². The second-order valence-electron chi connectivity index (χ2n) is 11.1. The predicted octanol–water partition coefficient (Wildman–Crippen LogP) is 2.52. The first-order chi connectivity index (χ1) is 18.0. The van der Waals surface area contributed by atoms with Crippen LogP contribution in [-0.4, -0.2) is 69.3 Å². The number of sulfonamides is 1. The highest BCUT2D eigenvalue weighted by Crippen LogP contribution is 2.65. The molecule has 0 aromatic heterocycles. The maximum absolute atomic E-state index is 12.8. The number of carbonyl (C=O) groups excluding carboxylic acids is 1. The minimum Gasteiger partial charge on any atom is -0.496 e. The number of halogens is 3. The van der Waals surface area contributed by atoms with Crippen molar-refractivity contribution in [3.05, 3.63) is 29.3 Å². The van der Waals surface area contributed by atoms with Gasteiger partial charge in [0.2, 0.25) is 5.91 Å². The third kappa shape index (κ3) is 5.37. The van der Waals surface area contributed by atoms with Gasteiger partial charge in [-0.2, -0.15) is 13.2 Å². The predicted molar refractivity (Wildman–Crippen MR) is 133 cm³/mol. The van der Waals surface area contributed by atoms with Gasteiger partial charge in [0.1, 0.15) is 11.3 Å². The number of ether oxygens (including phenoxy) is 1. The largest absolute Gasteiger partial charge is 0.511 e. The van der Waals surface area contributed by atoms with Crippen molar-refractivity contribution in [2.45, 2.75) is 69.6 Å². The van der Waals surface area contributed by atoms with Crippen LogP contribution in [0.3, 0.4) is 0 Å². The van der Waals surface area contributed by atoms with E-state index in [-0.39, 0.29) is 35.2 Å². The summed E-state index contributed by atoms with van der Waals surface area (Å²) in [6.45, 7) is 5.58. The zero-order valence-corrected chi connectivity index (χ0v) is 22.8. The molecule has 4 aliphatic rings. The molecule has 1 aliphatic heterocycles. The Morgan fingerprint density at radius 2 is 1.95 bits per heavy atom. The van der Waals surface area contributed by atoms with E-state index in [2.05, 4.69) is 19.2 Å². The van der Waals surface area contributed by atoms with E-state index in [0.29, 0.717) is 11.5 Å². The van der Waals surface area contributed by atoms with Gasteiger partial charge in [-0.15, -0.1) is 0 Å². The van der Waals surface area contributed by atoms with E-state index in [4.69, 9.17) is 14.0 Å². The molecule has 216 valence electrons. The van der Waals surface area contributed by atoms with E-state index in [9.17, 15) is 36.3 Å². The van der Waals surface area contributed by atoms with Gasteiger partial charge in [-0.1, -0.05) is 26.0 Å². The summed E-state index contributed by atoms with van der Waals surface area (Å²) in [5.41, 5.74) is -5.71. The molecule has 3 saturated carbocycles. The Morgan fingerprint density at radius 1 is 1.26 bits per heavy atom. The molecule has 4 fully saturated rings. The van der Waals surface area contributed by atoms with Crippen molar-refractivity contribution >= 4 is 29.0 Å². The molecular formula is C24H32BF3N2O8S. The third-order valence-corrected chi connectivity index (χ3v) is 9.76. The van der Waals surface area contributed by atoms with E-state index in [0.717, 1.165) is 12.8 Å². The first-order valence-electron chi connectivity index (χ1n) is 12.6. The molecule has 5 atom stereocenters. The van der Waals surface area contributed by atoms with Gasteiger partial charge in [-0.3, -0.25) is 4.79 Å². The fraction of sp³-hybridized carbons (Fsp3) is 0.667. The van der Waals surface area contributed by atoms with Gasteiger partial charge in [-0.05, 0) is 55.1 Å². The number of rotatable bonds is 10. The van der Waals surface area contributed by atoms with E-state index in [1.165, 1.54) is 24.0 Å². The molecule has 5 unspecified atom stereocenters. The number of para-hydroxylation sites is 1. The fourth-order valence-electron chi connectivity index (χ4n) is 6.34. The first kappa shape index (κ1) is 29.6. The number of carbonyl (C=O) groups is 2. The molecule has 1 heterocycles. The number of carboxylic acid groups (broad SMARTS) is 1. The maximum atomic E-state index is 12.8. The number of alkyl halides is 3. The Morgan fingerprint density at radius 3 is 2.54 bits per heavy atom. The lowest BCUT2D eigenvalue weighted by Crippen LogP contribution is -2.65. The highest BCUT2D eigenvalue weighted by molar-refractivity contribution is 7.90. The van der Waals surface area contributed by atoms with Crippen LogP contribution in [0.15, 0.2) is 18.2 Å². The molecule has 1 saturated heterocycles. The number of benzene rings is 1. The zero-order chi connectivity index (χ0) is 29.0. The van der Waals surface area contributed by atoms with E-state index in [1.807, 2.05) is 6.92 Å². The smallest absolute Gasteiger partial charge is 0.496 e. The van der Waals surface area contributed by atoms with Crippen LogP contribution in [0.2, 0.25) is 0 Å². The third-order valence-electron chi connectivity index (χ3n) is 8.56. The van der Waals surface area contributed by atoms with E-state index >= 15 is 0 Å². The highest BCUT2D eigenvalue weighted by atomic mass is 32.2. The van der Waals surface area contributed by atoms with Crippen molar-refractivity contribution in [2.75, 3.05) is 13.7 Å². The van der Waals surface area contributed by atoms with Crippen LogP contribution < -0.4 is 14.8 Å². The SMILES string of the molecule is COc1c(CC(NC(=O)CCNS(=O)(=O)C(F)(F)F)B2OC3CC4CC(C4(C)C)C3(C)O2)cccc1C(=O)O. The Kier molecular flexibility index (Phi) is 7.78. The van der Waals surface area contributed by atoms with Crippen molar-refractivity contribution in [3.8, 4) is 5.75 Å². The van der Waals surface area contributed by atoms with Crippen molar-refractivity contribution < 1.29 is 50.3 Å². The van der Waals surface area contributed by atoms with Crippen LogP contribution in [0.5, 0.6) is 5.75 Å². The monoisotopic (exact) mass is 576 g/mol. The number of hydrogen-bond donors (Lipinski definition) is 3. The summed E-state index contributed by atoms with van der Waals surface area (Å²) < 4.78 is 79.8. The summed E-state index contributed by atoms with van der Waals surface area (Å²) in [6.07, 6.45) is 0.970. The Balaban J connectivity index is 1.55. The molecule has 5 rings (SSSR count). The summed E-state index contributed by atoms with van der Waals surface area (Å²) >= 11 is 0. The topological polar surface area (TPSA) is 140 Å². The van der Waals surface area contributed by atoms with Crippen LogP contribution in [0.25, 0.3) is 0 Å². The average molecular weight is 576 g/mol. The quantitative estimate of drug-likeness (QED) is 0.361. The molecule has 3 aliphatic carbocycles. The molecule has 10 nitrogen and oxygen atoms in total. The summed E-state index contributed by atoms with van der Waals surface area (Å²) in [7, 11) is -5.22. The van der Waals surface area contributed by atoms with Gasteiger partial charge in [0.05, 0.1) is 24.8 Å². The van der Waals surface area contributed by atoms with E-state index in [1.54, 1.807) is 6.07 Å². The minimum atomic E-state index is -5.59. The Labute approximate surface area is 225 Å². The van der Waals surface area contributed by atoms with Gasteiger partial charge in [-0.25, -0.2) is 17.9 Å². The molecule has 3 N–H and O–H groups in total. The van der Waals surface area contributed by atoms with Crippen LogP contribution in [0.4, 0.5) is 13.2 Å². The molecule has 39 heavy (non-hydrogen) atoms.